The summed E-state index contributed by atoms with van der Waals surface area (Å²) in [4.78, 5) is 15.9. The van der Waals surface area contributed by atoms with E-state index in [2.05, 4.69) is 25.7 Å². The van der Waals surface area contributed by atoms with E-state index in [-0.39, 0.29) is 5.69 Å². The quantitative estimate of drug-likeness (QED) is 0.863. The molecule has 0 bridgehead atoms. The number of methoxy groups -OCH3 is 1. The molecule has 0 saturated heterocycles. The number of hydrogen-bond acceptors (Lipinski definition) is 6. The highest BCUT2D eigenvalue weighted by molar-refractivity contribution is 9.10. The number of carbonyl (C=O) groups is 1. The monoisotopic (exact) mass is 302 g/mol. The SMILES string of the molecule is COC(=O)c1nc(N)sc1-c1occc1Br. The van der Waals surface area contributed by atoms with Gasteiger partial charge in [0.1, 0.15) is 4.88 Å². The Morgan fingerprint density at radius 2 is 2.44 bits per heavy atom. The van der Waals surface area contributed by atoms with Crippen LogP contribution in [0.1, 0.15) is 10.5 Å². The Kier molecular flexibility index (Phi) is 2.97. The van der Waals surface area contributed by atoms with Crippen LogP contribution >= 0.6 is 27.3 Å². The summed E-state index contributed by atoms with van der Waals surface area (Å²) in [6.07, 6.45) is 1.51. The largest absolute Gasteiger partial charge is 0.464 e. The highest BCUT2D eigenvalue weighted by Crippen LogP contribution is 2.37. The van der Waals surface area contributed by atoms with Gasteiger partial charge in [-0.25, -0.2) is 9.78 Å². The fraction of sp³-hybridized carbons (Fsp3) is 0.111. The second-order valence-corrected chi connectivity index (χ2v) is 4.70. The van der Waals surface area contributed by atoms with E-state index in [1.54, 1.807) is 6.07 Å². The van der Waals surface area contributed by atoms with Gasteiger partial charge in [-0.05, 0) is 22.0 Å². The number of rotatable bonds is 2. The minimum atomic E-state index is -0.536. The summed E-state index contributed by atoms with van der Waals surface area (Å²) in [6, 6.07) is 1.73. The Balaban J connectivity index is 2.57. The van der Waals surface area contributed by atoms with Gasteiger partial charge in [-0.2, -0.15) is 0 Å². The fourth-order valence-electron chi connectivity index (χ4n) is 1.18. The lowest BCUT2D eigenvalue weighted by atomic mass is 10.3. The number of carbonyl (C=O) groups excluding carboxylic acids is 1. The van der Waals surface area contributed by atoms with Crippen LogP contribution in [0.4, 0.5) is 5.13 Å². The predicted molar refractivity (Wildman–Crippen MR) is 63.3 cm³/mol. The summed E-state index contributed by atoms with van der Waals surface area (Å²) in [7, 11) is 1.29. The van der Waals surface area contributed by atoms with Gasteiger partial charge in [-0.1, -0.05) is 11.3 Å². The molecule has 2 N–H and O–H groups in total. The van der Waals surface area contributed by atoms with Crippen molar-refractivity contribution in [1.29, 1.82) is 0 Å². The summed E-state index contributed by atoms with van der Waals surface area (Å²) >= 11 is 4.48. The topological polar surface area (TPSA) is 78.3 Å². The zero-order valence-corrected chi connectivity index (χ0v) is 10.6. The molecular formula is C9H7BrN2O3S. The zero-order chi connectivity index (χ0) is 11.7. The smallest absolute Gasteiger partial charge is 0.358 e. The zero-order valence-electron chi connectivity index (χ0n) is 8.19. The molecule has 0 saturated carbocycles. The van der Waals surface area contributed by atoms with Gasteiger partial charge in [0.15, 0.2) is 16.6 Å². The lowest BCUT2D eigenvalue weighted by Gasteiger charge is -1.97. The Hall–Kier alpha value is -1.34. The average molecular weight is 303 g/mol. The highest BCUT2D eigenvalue weighted by Gasteiger charge is 2.22. The number of anilines is 1. The van der Waals surface area contributed by atoms with Crippen molar-refractivity contribution in [1.82, 2.24) is 4.98 Å². The third-order valence-corrected chi connectivity index (χ3v) is 3.35. The number of hydrogen-bond donors (Lipinski definition) is 1. The average Bonchev–Trinajstić information content (AvgIpc) is 2.83. The van der Waals surface area contributed by atoms with E-state index in [1.807, 2.05) is 0 Å². The van der Waals surface area contributed by atoms with Crippen LogP contribution in [0.3, 0.4) is 0 Å². The molecule has 2 rings (SSSR count). The van der Waals surface area contributed by atoms with Crippen LogP contribution in [-0.2, 0) is 4.74 Å². The van der Waals surface area contributed by atoms with E-state index in [1.165, 1.54) is 24.7 Å². The van der Waals surface area contributed by atoms with Crippen molar-refractivity contribution in [3.63, 3.8) is 0 Å². The van der Waals surface area contributed by atoms with Crippen LogP contribution < -0.4 is 5.73 Å². The van der Waals surface area contributed by atoms with Crippen LogP contribution in [0.25, 0.3) is 10.6 Å². The Labute approximate surface area is 103 Å². The van der Waals surface area contributed by atoms with Gasteiger partial charge >= 0.3 is 5.97 Å². The standard InChI is InChI=1S/C9H7BrN2O3S/c1-14-8(13)5-7(16-9(11)12-5)6-4(10)2-3-15-6/h2-3H,1H3,(H2,11,12). The maximum atomic E-state index is 11.5. The van der Waals surface area contributed by atoms with Crippen LogP contribution in [0.15, 0.2) is 21.2 Å². The molecule has 2 aromatic rings. The van der Waals surface area contributed by atoms with Crippen LogP contribution in [0.5, 0.6) is 0 Å². The van der Waals surface area contributed by atoms with Gasteiger partial charge in [-0.15, -0.1) is 0 Å². The number of ether oxygens (including phenoxy) is 1. The first-order valence-corrected chi connectivity index (χ1v) is 5.82. The first-order chi connectivity index (χ1) is 7.63. The number of nitrogens with two attached hydrogens (primary N) is 1. The molecular weight excluding hydrogens is 296 g/mol. The normalized spacial score (nSPS) is 10.4. The molecule has 5 nitrogen and oxygen atoms in total. The molecule has 0 aliphatic carbocycles. The summed E-state index contributed by atoms with van der Waals surface area (Å²) in [5.41, 5.74) is 5.74. The number of thiazole rings is 1. The molecule has 0 unspecified atom stereocenters. The summed E-state index contributed by atoms with van der Waals surface area (Å²) < 4.78 is 10.6. The van der Waals surface area contributed by atoms with Crippen LogP contribution in [0, 0.1) is 0 Å². The van der Waals surface area contributed by atoms with E-state index >= 15 is 0 Å². The maximum absolute atomic E-state index is 11.5. The minimum Gasteiger partial charge on any atom is -0.464 e. The summed E-state index contributed by atoms with van der Waals surface area (Å²) in [6.45, 7) is 0. The number of nitrogen functional groups attached to an aromatic ring is 1. The third kappa shape index (κ3) is 1.83. The number of halogens is 1. The number of esters is 1. The molecule has 7 heteroatoms. The van der Waals surface area contributed by atoms with Crippen molar-refractivity contribution in [3.8, 4) is 10.6 Å². The second-order valence-electron chi connectivity index (χ2n) is 2.82. The molecule has 0 aliphatic heterocycles. The first kappa shape index (κ1) is 11.2. The number of nitrogens with zero attached hydrogens (tertiary/aromatic N) is 1. The molecule has 16 heavy (non-hydrogen) atoms. The van der Waals surface area contributed by atoms with Gasteiger partial charge in [0, 0.05) is 0 Å². The van der Waals surface area contributed by atoms with E-state index in [9.17, 15) is 4.79 Å². The highest BCUT2D eigenvalue weighted by atomic mass is 79.9. The molecule has 0 atom stereocenters. The fourth-order valence-corrected chi connectivity index (χ4v) is 2.53. The van der Waals surface area contributed by atoms with Gasteiger partial charge in [-0.3, -0.25) is 0 Å². The second kappa shape index (κ2) is 4.26. The van der Waals surface area contributed by atoms with Gasteiger partial charge in [0.05, 0.1) is 17.8 Å². The molecule has 2 aromatic heterocycles. The molecule has 2 heterocycles. The minimum absolute atomic E-state index is 0.167. The van der Waals surface area contributed by atoms with Crippen molar-refractivity contribution in [2.75, 3.05) is 12.8 Å². The Morgan fingerprint density at radius 3 is 3.00 bits per heavy atom. The molecule has 0 amide bonds. The van der Waals surface area contributed by atoms with Gasteiger partial charge in [0.25, 0.3) is 0 Å². The molecule has 84 valence electrons. The van der Waals surface area contributed by atoms with Crippen molar-refractivity contribution in [2.45, 2.75) is 0 Å². The van der Waals surface area contributed by atoms with E-state index in [0.717, 1.165) is 4.47 Å². The van der Waals surface area contributed by atoms with Crippen LogP contribution in [-0.4, -0.2) is 18.1 Å². The molecule has 0 spiro atoms. The number of aromatic nitrogens is 1. The molecule has 0 aliphatic rings. The molecule has 0 aromatic carbocycles. The Bertz CT molecular complexity index is 535. The van der Waals surface area contributed by atoms with Crippen molar-refractivity contribution in [2.24, 2.45) is 0 Å². The summed E-state index contributed by atoms with van der Waals surface area (Å²) in [5, 5.41) is 0.290. The molecule has 0 radical (unpaired) electrons. The van der Waals surface area contributed by atoms with E-state index in [0.29, 0.717) is 15.8 Å². The van der Waals surface area contributed by atoms with Gasteiger partial charge in [0.2, 0.25) is 0 Å². The van der Waals surface area contributed by atoms with Gasteiger partial charge < -0.3 is 14.9 Å². The first-order valence-electron chi connectivity index (χ1n) is 4.21. The maximum Gasteiger partial charge on any atom is 0.358 e. The summed E-state index contributed by atoms with van der Waals surface area (Å²) in [5.74, 6) is -0.0131. The number of furan rings is 1. The Morgan fingerprint density at radius 1 is 1.69 bits per heavy atom. The van der Waals surface area contributed by atoms with Crippen molar-refractivity contribution in [3.05, 3.63) is 22.5 Å². The molecule has 0 fully saturated rings. The van der Waals surface area contributed by atoms with Crippen molar-refractivity contribution < 1.29 is 13.9 Å². The lowest BCUT2D eigenvalue weighted by molar-refractivity contribution is 0.0595. The van der Waals surface area contributed by atoms with E-state index < -0.39 is 5.97 Å². The predicted octanol–water partition coefficient (Wildman–Crippen LogP) is 2.53. The van der Waals surface area contributed by atoms with Crippen molar-refractivity contribution >= 4 is 38.4 Å². The van der Waals surface area contributed by atoms with E-state index in [4.69, 9.17) is 10.2 Å². The lowest BCUT2D eigenvalue weighted by Crippen LogP contribution is -2.03. The van der Waals surface area contributed by atoms with Crippen LogP contribution in [0.2, 0.25) is 0 Å². The third-order valence-electron chi connectivity index (χ3n) is 1.85.